The van der Waals surface area contributed by atoms with Crippen molar-refractivity contribution in [3.05, 3.63) is 83.6 Å². The molecule has 3 aromatic rings. The highest BCUT2D eigenvalue weighted by Crippen LogP contribution is 2.44. The highest BCUT2D eigenvalue weighted by molar-refractivity contribution is 7.74. The Kier molecular flexibility index (Phi) is 12.5. The third-order valence-corrected chi connectivity index (χ3v) is 7.87. The van der Waals surface area contributed by atoms with Crippen molar-refractivity contribution in [3.63, 3.8) is 0 Å². The molecular formula is C30H36NO6P. The number of aromatic nitrogens is 1. The van der Waals surface area contributed by atoms with Gasteiger partial charge in [0.1, 0.15) is 17.8 Å². The van der Waals surface area contributed by atoms with Crippen LogP contribution in [0.15, 0.2) is 66.7 Å². The minimum absolute atomic E-state index is 0.315. The number of rotatable bonds is 15. The van der Waals surface area contributed by atoms with Gasteiger partial charge in [0.25, 0.3) is 7.37 Å². The minimum atomic E-state index is -3.34. The predicted octanol–water partition coefficient (Wildman–Crippen LogP) is 4.37. The molecule has 3 rings (SSSR count). The summed E-state index contributed by atoms with van der Waals surface area (Å²) in [6.07, 6.45) is 0.694. The molecule has 38 heavy (non-hydrogen) atoms. The van der Waals surface area contributed by atoms with E-state index >= 15 is 0 Å². The molecule has 0 aliphatic rings. The molecule has 0 saturated heterocycles. The second kappa shape index (κ2) is 16.1. The molecule has 202 valence electrons. The van der Waals surface area contributed by atoms with E-state index in [-0.39, 0.29) is 0 Å². The van der Waals surface area contributed by atoms with Crippen molar-refractivity contribution < 1.29 is 28.0 Å². The molecule has 8 heteroatoms. The van der Waals surface area contributed by atoms with Gasteiger partial charge in [0, 0.05) is 29.2 Å². The van der Waals surface area contributed by atoms with Gasteiger partial charge < -0.3 is 23.5 Å². The van der Waals surface area contributed by atoms with E-state index in [1.807, 2.05) is 74.5 Å². The summed E-state index contributed by atoms with van der Waals surface area (Å²) in [5.41, 5.74) is 2.82. The maximum Gasteiger partial charge on any atom is 0.279 e. The SMILES string of the molecule is CCOP(=O)(c1ccccc1)c1cc(C#Cc2ccc(OCCOCCOCCOC)cc2)cc(CC)n1. The van der Waals surface area contributed by atoms with Crippen molar-refractivity contribution in [2.45, 2.75) is 20.3 Å². The standard InChI is InChI=1S/C30H36NO6P/c1-4-27-23-26(24-30(31-27)38(32,37-5-2)29-9-7-6-8-10-29)12-11-25-13-15-28(16-14-25)36-22-21-35-20-19-34-18-17-33-3/h6-10,13-16,23-24H,4-5,17-22H2,1-3H3. The van der Waals surface area contributed by atoms with E-state index in [0.29, 0.717) is 63.4 Å². The van der Waals surface area contributed by atoms with E-state index in [0.717, 1.165) is 22.6 Å². The third-order valence-electron chi connectivity index (χ3n) is 5.44. The largest absolute Gasteiger partial charge is 0.491 e. The summed E-state index contributed by atoms with van der Waals surface area (Å²) in [7, 11) is -1.69. The summed E-state index contributed by atoms with van der Waals surface area (Å²) in [4.78, 5) is 4.65. The lowest BCUT2D eigenvalue weighted by molar-refractivity contribution is 0.0180. The molecule has 1 aromatic heterocycles. The Morgan fingerprint density at radius 3 is 2.11 bits per heavy atom. The monoisotopic (exact) mass is 537 g/mol. The van der Waals surface area contributed by atoms with E-state index in [1.165, 1.54) is 0 Å². The van der Waals surface area contributed by atoms with Crippen molar-refractivity contribution >= 4 is 18.1 Å². The van der Waals surface area contributed by atoms with Crippen molar-refractivity contribution in [2.24, 2.45) is 0 Å². The number of pyridine rings is 1. The van der Waals surface area contributed by atoms with Gasteiger partial charge in [0.05, 0.1) is 39.6 Å². The Bertz CT molecular complexity index is 1220. The molecule has 2 aromatic carbocycles. The van der Waals surface area contributed by atoms with E-state index in [2.05, 4.69) is 16.8 Å². The number of benzene rings is 2. The van der Waals surface area contributed by atoms with Crippen LogP contribution >= 0.6 is 7.37 Å². The lowest BCUT2D eigenvalue weighted by Gasteiger charge is -2.18. The molecule has 0 aliphatic carbocycles. The molecule has 0 aliphatic heterocycles. The first-order valence-corrected chi connectivity index (χ1v) is 14.4. The average Bonchev–Trinajstić information content (AvgIpc) is 2.96. The molecule has 7 nitrogen and oxygen atoms in total. The van der Waals surface area contributed by atoms with Gasteiger partial charge in [-0.05, 0) is 61.9 Å². The number of methoxy groups -OCH3 is 1. The zero-order valence-electron chi connectivity index (χ0n) is 22.4. The Hall–Kier alpha value is -2.98. The number of aryl methyl sites for hydroxylation is 1. The number of hydrogen-bond donors (Lipinski definition) is 0. The predicted molar refractivity (Wildman–Crippen MR) is 150 cm³/mol. The lowest BCUT2D eigenvalue weighted by Crippen LogP contribution is -2.22. The second-order valence-corrected chi connectivity index (χ2v) is 10.5. The Morgan fingerprint density at radius 1 is 0.789 bits per heavy atom. The van der Waals surface area contributed by atoms with Crippen LogP contribution in [0, 0.1) is 11.8 Å². The Morgan fingerprint density at radius 2 is 1.45 bits per heavy atom. The quantitative estimate of drug-likeness (QED) is 0.162. The van der Waals surface area contributed by atoms with Crippen LogP contribution in [-0.2, 0) is 29.7 Å². The molecular weight excluding hydrogens is 501 g/mol. The van der Waals surface area contributed by atoms with Gasteiger partial charge in [0.2, 0.25) is 0 Å². The molecule has 1 atom stereocenters. The Labute approximate surface area is 225 Å². The lowest BCUT2D eigenvalue weighted by atomic mass is 10.1. The van der Waals surface area contributed by atoms with Gasteiger partial charge in [-0.15, -0.1) is 0 Å². The van der Waals surface area contributed by atoms with Crippen molar-refractivity contribution in [3.8, 4) is 17.6 Å². The summed E-state index contributed by atoms with van der Waals surface area (Å²) >= 11 is 0. The van der Waals surface area contributed by atoms with Gasteiger partial charge >= 0.3 is 0 Å². The summed E-state index contributed by atoms with van der Waals surface area (Å²) in [6.45, 7) is 7.28. The summed E-state index contributed by atoms with van der Waals surface area (Å²) in [6, 6.07) is 20.5. The number of hydrogen-bond acceptors (Lipinski definition) is 7. The van der Waals surface area contributed by atoms with Crippen molar-refractivity contribution in [1.29, 1.82) is 0 Å². The van der Waals surface area contributed by atoms with Gasteiger partial charge in [-0.25, -0.2) is 4.98 Å². The van der Waals surface area contributed by atoms with Gasteiger partial charge in [0.15, 0.2) is 0 Å². The fourth-order valence-electron chi connectivity index (χ4n) is 3.52. The molecule has 1 unspecified atom stereocenters. The van der Waals surface area contributed by atoms with Crippen LogP contribution in [0.1, 0.15) is 30.7 Å². The van der Waals surface area contributed by atoms with Crippen LogP contribution < -0.4 is 15.5 Å². The topological polar surface area (TPSA) is 76.1 Å². The van der Waals surface area contributed by atoms with Crippen LogP contribution in [0.4, 0.5) is 0 Å². The molecule has 1 heterocycles. The molecule has 0 radical (unpaired) electrons. The van der Waals surface area contributed by atoms with E-state index < -0.39 is 7.37 Å². The fraction of sp³-hybridized carbons (Fsp3) is 0.367. The van der Waals surface area contributed by atoms with Crippen LogP contribution in [0.2, 0.25) is 0 Å². The van der Waals surface area contributed by atoms with Crippen molar-refractivity contribution in [1.82, 2.24) is 4.98 Å². The molecule has 0 fully saturated rings. The first-order valence-electron chi connectivity index (χ1n) is 12.8. The minimum Gasteiger partial charge on any atom is -0.491 e. The average molecular weight is 538 g/mol. The zero-order valence-corrected chi connectivity index (χ0v) is 23.2. The normalized spacial score (nSPS) is 12.4. The summed E-state index contributed by atoms with van der Waals surface area (Å²) < 4.78 is 41.3. The van der Waals surface area contributed by atoms with Gasteiger partial charge in [-0.2, -0.15) is 0 Å². The maximum absolute atomic E-state index is 14.0. The summed E-state index contributed by atoms with van der Waals surface area (Å²) in [5, 5.41) is 0.623. The van der Waals surface area contributed by atoms with Crippen molar-refractivity contribution in [2.75, 3.05) is 53.4 Å². The molecule has 0 amide bonds. The highest BCUT2D eigenvalue weighted by Gasteiger charge is 2.30. The highest BCUT2D eigenvalue weighted by atomic mass is 31.2. The zero-order chi connectivity index (χ0) is 27.1. The number of nitrogens with zero attached hydrogens (tertiary/aromatic N) is 1. The third kappa shape index (κ3) is 9.09. The van der Waals surface area contributed by atoms with Gasteiger partial charge in [-0.3, -0.25) is 4.57 Å². The van der Waals surface area contributed by atoms with Gasteiger partial charge in [-0.1, -0.05) is 37.0 Å². The second-order valence-electron chi connectivity index (χ2n) is 8.20. The molecule has 0 saturated carbocycles. The molecule has 0 spiro atoms. The van der Waals surface area contributed by atoms with Crippen LogP contribution in [0.3, 0.4) is 0 Å². The fourth-order valence-corrected chi connectivity index (χ4v) is 5.56. The Balaban J connectivity index is 1.63. The first-order chi connectivity index (χ1) is 18.6. The van der Waals surface area contributed by atoms with E-state index in [9.17, 15) is 4.57 Å². The summed E-state index contributed by atoms with van der Waals surface area (Å²) in [5.74, 6) is 7.13. The molecule has 0 bridgehead atoms. The van der Waals surface area contributed by atoms with E-state index in [1.54, 1.807) is 13.2 Å². The number of ether oxygens (including phenoxy) is 4. The van der Waals surface area contributed by atoms with E-state index in [4.69, 9.17) is 23.5 Å². The van der Waals surface area contributed by atoms with Crippen LogP contribution in [-0.4, -0.2) is 58.3 Å². The van der Waals surface area contributed by atoms with Crippen LogP contribution in [0.25, 0.3) is 0 Å². The van der Waals surface area contributed by atoms with Crippen LogP contribution in [0.5, 0.6) is 5.75 Å². The maximum atomic E-state index is 14.0. The smallest absolute Gasteiger partial charge is 0.279 e. The first kappa shape index (κ1) is 29.6. The molecule has 0 N–H and O–H groups in total.